The highest BCUT2D eigenvalue weighted by Gasteiger charge is 2.36. The Hall–Kier alpha value is -1.42. The highest BCUT2D eigenvalue weighted by atomic mass is 19.2. The molecule has 0 radical (unpaired) electrons. The molecule has 1 heterocycles. The van der Waals surface area contributed by atoms with E-state index in [4.69, 9.17) is 9.47 Å². The van der Waals surface area contributed by atoms with Crippen molar-refractivity contribution in [3.63, 3.8) is 0 Å². The molecule has 2 aliphatic carbocycles. The van der Waals surface area contributed by atoms with Gasteiger partial charge in [0.15, 0.2) is 11.6 Å². The van der Waals surface area contributed by atoms with E-state index in [0.717, 1.165) is 56.5 Å². The van der Waals surface area contributed by atoms with E-state index in [1.165, 1.54) is 51.4 Å². The second kappa shape index (κ2) is 13.2. The van der Waals surface area contributed by atoms with E-state index in [9.17, 15) is 8.78 Å². The Morgan fingerprint density at radius 2 is 1.60 bits per heavy atom. The van der Waals surface area contributed by atoms with Crippen LogP contribution >= 0.6 is 0 Å². The van der Waals surface area contributed by atoms with E-state index in [1.54, 1.807) is 12.1 Å². The number of hydrogen-bond donors (Lipinski definition) is 0. The van der Waals surface area contributed by atoms with E-state index in [2.05, 4.69) is 19.1 Å². The summed E-state index contributed by atoms with van der Waals surface area (Å²) in [5.74, 6) is 1.68. The van der Waals surface area contributed by atoms with Gasteiger partial charge in [-0.3, -0.25) is 0 Å². The number of benzene rings is 1. The second-order valence-corrected chi connectivity index (χ2v) is 11.4. The predicted octanol–water partition coefficient (Wildman–Crippen LogP) is 8.99. The Balaban J connectivity index is 1.20. The lowest BCUT2D eigenvalue weighted by Crippen LogP contribution is -2.37. The molecule has 3 fully saturated rings. The summed E-state index contributed by atoms with van der Waals surface area (Å²) in [5.41, 5.74) is 0.524. The molecule has 196 valence electrons. The van der Waals surface area contributed by atoms with Crippen LogP contribution in [0.25, 0.3) is 0 Å². The zero-order valence-electron chi connectivity index (χ0n) is 22.0. The molecule has 0 N–H and O–H groups in total. The maximum Gasteiger partial charge on any atom is 0.200 e. The molecule has 4 rings (SSSR count). The molecule has 0 bridgehead atoms. The van der Waals surface area contributed by atoms with Gasteiger partial charge in [-0.25, -0.2) is 4.39 Å². The van der Waals surface area contributed by atoms with Crippen molar-refractivity contribution in [2.24, 2.45) is 23.7 Å². The largest absolute Gasteiger partial charge is 0.490 e. The van der Waals surface area contributed by atoms with Crippen LogP contribution in [0, 0.1) is 35.3 Å². The van der Waals surface area contributed by atoms with Crippen molar-refractivity contribution in [3.05, 3.63) is 41.5 Å². The smallest absolute Gasteiger partial charge is 0.200 e. The first-order chi connectivity index (χ1) is 17.1. The van der Waals surface area contributed by atoms with Crippen molar-refractivity contribution >= 4 is 0 Å². The molecule has 35 heavy (non-hydrogen) atoms. The highest BCUT2D eigenvalue weighted by Crippen LogP contribution is 2.44. The number of rotatable bonds is 9. The van der Waals surface area contributed by atoms with Crippen LogP contribution in [0.1, 0.15) is 109 Å². The maximum atomic E-state index is 14.8. The molecule has 2 nitrogen and oxygen atoms in total. The first-order valence-corrected chi connectivity index (χ1v) is 14.4. The summed E-state index contributed by atoms with van der Waals surface area (Å²) in [6.45, 7) is 5.40. The molecular formula is C31H46F2O2. The Bertz CT molecular complexity index is 798. The summed E-state index contributed by atoms with van der Waals surface area (Å²) >= 11 is 0. The Morgan fingerprint density at radius 1 is 0.886 bits per heavy atom. The van der Waals surface area contributed by atoms with E-state index in [-0.39, 0.29) is 11.7 Å². The summed E-state index contributed by atoms with van der Waals surface area (Å²) in [7, 11) is 0. The third-order valence-electron chi connectivity index (χ3n) is 9.16. The van der Waals surface area contributed by atoms with Crippen molar-refractivity contribution in [2.45, 2.75) is 109 Å². The molecular weight excluding hydrogens is 442 g/mol. The van der Waals surface area contributed by atoms with Gasteiger partial charge in [0, 0.05) is 0 Å². The number of ether oxygens (including phenoxy) is 2. The molecule has 1 saturated heterocycles. The molecule has 1 aromatic rings. The van der Waals surface area contributed by atoms with Crippen LogP contribution in [0.4, 0.5) is 8.78 Å². The van der Waals surface area contributed by atoms with Gasteiger partial charge in [-0.1, -0.05) is 38.0 Å². The van der Waals surface area contributed by atoms with Crippen molar-refractivity contribution in [1.82, 2.24) is 0 Å². The lowest BCUT2D eigenvalue weighted by atomic mass is 9.71. The fourth-order valence-corrected chi connectivity index (χ4v) is 6.97. The molecule has 0 amide bonds. The SMILES string of the molecule is C/C=C/CCC1CCC(C2CCC(C3CCC(c4ccc(OCCC)c(F)c4F)CC3)OC2)CC1. The highest BCUT2D eigenvalue weighted by molar-refractivity contribution is 5.33. The van der Waals surface area contributed by atoms with E-state index in [1.807, 2.05) is 6.92 Å². The molecule has 1 aromatic carbocycles. The van der Waals surface area contributed by atoms with Gasteiger partial charge in [0.05, 0.1) is 19.3 Å². The fourth-order valence-electron chi connectivity index (χ4n) is 6.97. The van der Waals surface area contributed by atoms with Gasteiger partial charge in [-0.15, -0.1) is 0 Å². The van der Waals surface area contributed by atoms with Crippen LogP contribution in [-0.2, 0) is 4.74 Å². The van der Waals surface area contributed by atoms with Crippen molar-refractivity contribution < 1.29 is 18.3 Å². The topological polar surface area (TPSA) is 18.5 Å². The van der Waals surface area contributed by atoms with E-state index in [0.29, 0.717) is 24.2 Å². The number of allylic oxidation sites excluding steroid dienone is 2. The van der Waals surface area contributed by atoms with Crippen LogP contribution in [-0.4, -0.2) is 19.3 Å². The summed E-state index contributed by atoms with van der Waals surface area (Å²) in [6.07, 6.45) is 20.2. The fraction of sp³-hybridized carbons (Fsp3) is 0.742. The zero-order valence-corrected chi connectivity index (χ0v) is 22.0. The minimum atomic E-state index is -0.827. The molecule has 2 unspecified atom stereocenters. The minimum Gasteiger partial charge on any atom is -0.490 e. The van der Waals surface area contributed by atoms with Gasteiger partial charge in [0.1, 0.15) is 0 Å². The van der Waals surface area contributed by atoms with Crippen LogP contribution in [0.5, 0.6) is 5.75 Å². The molecule has 0 spiro atoms. The standard InChI is InChI=1S/C31H46F2O2/c1-3-5-6-7-22-8-10-23(11-9-22)26-16-18-28(35-21-26)25-14-12-24(13-15-25)27-17-19-29(34-20-4-2)31(33)30(27)32/h3,5,17,19,22-26,28H,4,6-16,18,20-21H2,1-2H3/b5-3+. The first kappa shape index (κ1) is 26.6. The average Bonchev–Trinajstić information content (AvgIpc) is 2.90. The summed E-state index contributed by atoms with van der Waals surface area (Å²) < 4.78 is 41.0. The van der Waals surface area contributed by atoms with Crippen LogP contribution in [0.2, 0.25) is 0 Å². The van der Waals surface area contributed by atoms with Crippen LogP contribution < -0.4 is 4.74 Å². The zero-order chi connectivity index (χ0) is 24.6. The summed E-state index contributed by atoms with van der Waals surface area (Å²) in [4.78, 5) is 0. The average molecular weight is 489 g/mol. The Morgan fingerprint density at radius 3 is 2.26 bits per heavy atom. The lowest BCUT2D eigenvalue weighted by Gasteiger charge is -2.41. The van der Waals surface area contributed by atoms with Gasteiger partial charge in [-0.05, 0) is 119 Å². The van der Waals surface area contributed by atoms with E-state index < -0.39 is 11.6 Å². The molecule has 4 heteroatoms. The molecule has 2 atom stereocenters. The van der Waals surface area contributed by atoms with Crippen molar-refractivity contribution in [1.29, 1.82) is 0 Å². The quantitative estimate of drug-likeness (QED) is 0.323. The van der Waals surface area contributed by atoms with Crippen molar-refractivity contribution in [2.75, 3.05) is 13.2 Å². The third kappa shape index (κ3) is 6.87. The lowest BCUT2D eigenvalue weighted by molar-refractivity contribution is -0.0724. The van der Waals surface area contributed by atoms with Gasteiger partial charge < -0.3 is 9.47 Å². The van der Waals surface area contributed by atoms with Gasteiger partial charge in [-0.2, -0.15) is 4.39 Å². The number of hydrogen-bond acceptors (Lipinski definition) is 2. The Labute approximate surface area is 211 Å². The summed E-state index contributed by atoms with van der Waals surface area (Å²) in [6, 6.07) is 3.35. The minimum absolute atomic E-state index is 0.0362. The molecule has 2 saturated carbocycles. The van der Waals surface area contributed by atoms with Gasteiger partial charge in [0.25, 0.3) is 0 Å². The number of halogens is 2. The third-order valence-corrected chi connectivity index (χ3v) is 9.16. The molecule has 3 aliphatic rings. The maximum absolute atomic E-state index is 14.8. The molecule has 1 aliphatic heterocycles. The monoisotopic (exact) mass is 488 g/mol. The Kier molecular flexibility index (Phi) is 10.1. The van der Waals surface area contributed by atoms with E-state index >= 15 is 0 Å². The van der Waals surface area contributed by atoms with Crippen molar-refractivity contribution in [3.8, 4) is 5.75 Å². The summed E-state index contributed by atoms with van der Waals surface area (Å²) in [5, 5.41) is 0. The first-order valence-electron chi connectivity index (χ1n) is 14.4. The van der Waals surface area contributed by atoms with Crippen LogP contribution in [0.3, 0.4) is 0 Å². The normalized spacial score (nSPS) is 32.1. The predicted molar refractivity (Wildman–Crippen MR) is 139 cm³/mol. The van der Waals surface area contributed by atoms with Gasteiger partial charge >= 0.3 is 0 Å². The van der Waals surface area contributed by atoms with Crippen LogP contribution in [0.15, 0.2) is 24.3 Å². The second-order valence-electron chi connectivity index (χ2n) is 11.4. The van der Waals surface area contributed by atoms with Gasteiger partial charge in [0.2, 0.25) is 5.82 Å². The molecule has 0 aromatic heterocycles.